The number of hydrogen-bond donors (Lipinski definition) is 1. The maximum atomic E-state index is 12.0. The van der Waals surface area contributed by atoms with Crippen molar-refractivity contribution in [1.29, 1.82) is 0 Å². The molecule has 0 aromatic rings. The molecule has 0 aromatic carbocycles. The number of amides is 2. The zero-order valence-corrected chi connectivity index (χ0v) is 9.46. The summed E-state index contributed by atoms with van der Waals surface area (Å²) in [6, 6.07) is 0. The number of imide groups is 1. The van der Waals surface area contributed by atoms with Crippen LogP contribution < -0.4 is 5.32 Å². The SMILES string of the molecule is CC(C)(C)C12C=CCCC1C(=O)NC2=O. The molecule has 0 spiro atoms. The lowest BCUT2D eigenvalue weighted by atomic mass is 9.58. The fourth-order valence-corrected chi connectivity index (χ4v) is 2.86. The van der Waals surface area contributed by atoms with Crippen molar-refractivity contribution in [1.82, 2.24) is 5.32 Å². The molecular weight excluding hydrogens is 190 g/mol. The molecule has 2 atom stereocenters. The molecule has 1 heterocycles. The van der Waals surface area contributed by atoms with E-state index in [1.807, 2.05) is 32.9 Å². The van der Waals surface area contributed by atoms with E-state index in [-0.39, 0.29) is 23.1 Å². The third kappa shape index (κ3) is 1.18. The molecule has 1 N–H and O–H groups in total. The number of fused-ring (bicyclic) bond motifs is 1. The van der Waals surface area contributed by atoms with Crippen LogP contribution in [-0.4, -0.2) is 11.8 Å². The monoisotopic (exact) mass is 207 g/mol. The fourth-order valence-electron chi connectivity index (χ4n) is 2.86. The van der Waals surface area contributed by atoms with Gasteiger partial charge in [0.15, 0.2) is 0 Å². The molecule has 1 aliphatic carbocycles. The quantitative estimate of drug-likeness (QED) is 0.485. The van der Waals surface area contributed by atoms with Crippen molar-refractivity contribution >= 4 is 11.8 Å². The standard InChI is InChI=1S/C12H17NO2/c1-11(2,3)12-7-5-4-6-8(12)9(14)13-10(12)15/h5,7-8H,4,6H2,1-3H3,(H,13,14,15). The first-order valence-corrected chi connectivity index (χ1v) is 5.42. The molecule has 2 amide bonds. The Balaban J connectivity index is 2.57. The van der Waals surface area contributed by atoms with E-state index in [4.69, 9.17) is 0 Å². The highest BCUT2D eigenvalue weighted by atomic mass is 16.2. The van der Waals surface area contributed by atoms with Crippen LogP contribution >= 0.6 is 0 Å². The second-order valence-electron chi connectivity index (χ2n) is 5.47. The number of carbonyl (C=O) groups is 2. The zero-order valence-electron chi connectivity index (χ0n) is 9.46. The van der Waals surface area contributed by atoms with Crippen molar-refractivity contribution in [3.63, 3.8) is 0 Å². The molecular formula is C12H17NO2. The van der Waals surface area contributed by atoms with Gasteiger partial charge in [-0.3, -0.25) is 14.9 Å². The molecule has 15 heavy (non-hydrogen) atoms. The van der Waals surface area contributed by atoms with Gasteiger partial charge in [-0.15, -0.1) is 0 Å². The third-order valence-electron chi connectivity index (χ3n) is 3.72. The second-order valence-corrected chi connectivity index (χ2v) is 5.47. The van der Waals surface area contributed by atoms with Crippen molar-refractivity contribution in [2.45, 2.75) is 33.6 Å². The Hall–Kier alpha value is -1.12. The highest BCUT2D eigenvalue weighted by molar-refractivity contribution is 6.09. The smallest absolute Gasteiger partial charge is 0.237 e. The van der Waals surface area contributed by atoms with E-state index >= 15 is 0 Å². The van der Waals surface area contributed by atoms with E-state index in [1.165, 1.54) is 0 Å². The van der Waals surface area contributed by atoms with Gasteiger partial charge >= 0.3 is 0 Å². The summed E-state index contributed by atoms with van der Waals surface area (Å²) in [5.41, 5.74) is -0.840. The summed E-state index contributed by atoms with van der Waals surface area (Å²) in [4.78, 5) is 23.7. The summed E-state index contributed by atoms with van der Waals surface area (Å²) in [5, 5.41) is 2.48. The minimum atomic E-state index is -0.623. The number of rotatable bonds is 0. The van der Waals surface area contributed by atoms with Gasteiger partial charge in [0.2, 0.25) is 11.8 Å². The Morgan fingerprint density at radius 3 is 2.60 bits per heavy atom. The molecule has 1 fully saturated rings. The lowest BCUT2D eigenvalue weighted by Crippen LogP contribution is -2.45. The molecule has 2 unspecified atom stereocenters. The fraction of sp³-hybridized carbons (Fsp3) is 0.667. The Morgan fingerprint density at radius 2 is 2.07 bits per heavy atom. The Morgan fingerprint density at radius 1 is 1.40 bits per heavy atom. The summed E-state index contributed by atoms with van der Waals surface area (Å²) in [5.74, 6) is -0.393. The lowest BCUT2D eigenvalue weighted by Gasteiger charge is -2.42. The van der Waals surface area contributed by atoms with E-state index in [9.17, 15) is 9.59 Å². The highest BCUT2D eigenvalue weighted by Crippen LogP contribution is 2.52. The maximum Gasteiger partial charge on any atom is 0.237 e. The van der Waals surface area contributed by atoms with Crippen LogP contribution in [0.3, 0.4) is 0 Å². The van der Waals surface area contributed by atoms with Crippen molar-refractivity contribution < 1.29 is 9.59 Å². The third-order valence-corrected chi connectivity index (χ3v) is 3.72. The molecule has 0 bridgehead atoms. The van der Waals surface area contributed by atoms with E-state index < -0.39 is 5.41 Å². The van der Waals surface area contributed by atoms with Gasteiger partial charge in [-0.1, -0.05) is 32.9 Å². The topological polar surface area (TPSA) is 46.2 Å². The first kappa shape index (κ1) is 10.4. The Kier molecular flexibility index (Phi) is 2.04. The molecule has 0 aromatic heterocycles. The van der Waals surface area contributed by atoms with Crippen molar-refractivity contribution in [2.75, 3.05) is 0 Å². The van der Waals surface area contributed by atoms with Crippen molar-refractivity contribution in [3.05, 3.63) is 12.2 Å². The minimum absolute atomic E-state index is 0.0979. The van der Waals surface area contributed by atoms with Gasteiger partial charge in [0, 0.05) is 0 Å². The summed E-state index contributed by atoms with van der Waals surface area (Å²) in [6.45, 7) is 6.06. The van der Waals surface area contributed by atoms with E-state index in [1.54, 1.807) is 0 Å². The molecule has 0 saturated carbocycles. The first-order chi connectivity index (χ1) is 6.89. The predicted octanol–water partition coefficient (Wildman–Crippen LogP) is 1.64. The number of allylic oxidation sites excluding steroid dienone is 1. The van der Waals surface area contributed by atoms with Gasteiger partial charge in [0.1, 0.15) is 0 Å². The number of nitrogens with one attached hydrogen (secondary N) is 1. The van der Waals surface area contributed by atoms with Crippen LogP contribution in [-0.2, 0) is 9.59 Å². The summed E-state index contributed by atoms with van der Waals surface area (Å²) >= 11 is 0. The zero-order chi connectivity index (χ0) is 11.3. The van der Waals surface area contributed by atoms with Gasteiger partial charge in [0.05, 0.1) is 11.3 Å². The maximum absolute atomic E-state index is 12.0. The minimum Gasteiger partial charge on any atom is -0.295 e. The van der Waals surface area contributed by atoms with Crippen LogP contribution in [0.25, 0.3) is 0 Å². The van der Waals surface area contributed by atoms with Crippen LogP contribution in [0.2, 0.25) is 0 Å². The average molecular weight is 207 g/mol. The molecule has 2 aliphatic rings. The Bertz CT molecular complexity index is 351. The van der Waals surface area contributed by atoms with Crippen LogP contribution in [0.15, 0.2) is 12.2 Å². The normalized spacial score (nSPS) is 35.3. The van der Waals surface area contributed by atoms with Crippen LogP contribution in [0, 0.1) is 16.7 Å². The van der Waals surface area contributed by atoms with Crippen molar-refractivity contribution in [2.24, 2.45) is 16.7 Å². The van der Waals surface area contributed by atoms with Crippen molar-refractivity contribution in [3.8, 4) is 0 Å². The molecule has 0 radical (unpaired) electrons. The second kappa shape index (κ2) is 2.94. The Labute approximate surface area is 89.9 Å². The van der Waals surface area contributed by atoms with Crippen LogP contribution in [0.5, 0.6) is 0 Å². The van der Waals surface area contributed by atoms with Gasteiger partial charge in [0.25, 0.3) is 0 Å². The van der Waals surface area contributed by atoms with E-state index in [2.05, 4.69) is 5.32 Å². The van der Waals surface area contributed by atoms with Gasteiger partial charge in [-0.05, 0) is 18.3 Å². The van der Waals surface area contributed by atoms with Gasteiger partial charge in [-0.25, -0.2) is 0 Å². The molecule has 3 nitrogen and oxygen atoms in total. The highest BCUT2D eigenvalue weighted by Gasteiger charge is 2.60. The first-order valence-electron chi connectivity index (χ1n) is 5.42. The van der Waals surface area contributed by atoms with Gasteiger partial charge in [-0.2, -0.15) is 0 Å². The van der Waals surface area contributed by atoms with Gasteiger partial charge < -0.3 is 0 Å². The summed E-state index contributed by atoms with van der Waals surface area (Å²) in [6.07, 6.45) is 5.65. The summed E-state index contributed by atoms with van der Waals surface area (Å²) in [7, 11) is 0. The van der Waals surface area contributed by atoms with E-state index in [0.29, 0.717) is 0 Å². The van der Waals surface area contributed by atoms with Crippen LogP contribution in [0.1, 0.15) is 33.6 Å². The number of hydrogen-bond acceptors (Lipinski definition) is 2. The average Bonchev–Trinajstić information content (AvgIpc) is 2.40. The van der Waals surface area contributed by atoms with Crippen LogP contribution in [0.4, 0.5) is 0 Å². The van der Waals surface area contributed by atoms with E-state index in [0.717, 1.165) is 12.8 Å². The largest absolute Gasteiger partial charge is 0.295 e. The summed E-state index contributed by atoms with van der Waals surface area (Å²) < 4.78 is 0. The molecule has 1 saturated heterocycles. The molecule has 3 heteroatoms. The lowest BCUT2D eigenvalue weighted by molar-refractivity contribution is -0.132. The molecule has 2 rings (SSSR count). The number of carbonyl (C=O) groups excluding carboxylic acids is 2. The molecule has 1 aliphatic heterocycles. The predicted molar refractivity (Wildman–Crippen MR) is 56.9 cm³/mol. The molecule has 82 valence electrons.